The fourth-order valence-electron chi connectivity index (χ4n) is 2.90. The van der Waals surface area contributed by atoms with E-state index in [0.29, 0.717) is 29.2 Å². The Morgan fingerprint density at radius 1 is 1.38 bits per heavy atom. The average Bonchev–Trinajstić information content (AvgIpc) is 2.53. The summed E-state index contributed by atoms with van der Waals surface area (Å²) in [5, 5.41) is 7.11. The van der Waals surface area contributed by atoms with E-state index >= 15 is 0 Å². The molecule has 0 radical (unpaired) electrons. The molecule has 0 aliphatic carbocycles. The van der Waals surface area contributed by atoms with Crippen LogP contribution in [0.1, 0.15) is 28.9 Å². The Morgan fingerprint density at radius 2 is 2.17 bits per heavy atom. The maximum absolute atomic E-state index is 13.2. The predicted molar refractivity (Wildman–Crippen MR) is 98.9 cm³/mol. The molecule has 24 heavy (non-hydrogen) atoms. The van der Waals surface area contributed by atoms with E-state index in [1.165, 1.54) is 12.1 Å². The molecule has 1 aromatic carbocycles. The number of fused-ring (bicyclic) bond motifs is 1. The number of aromatic nitrogens is 1. The molecular formula is C17H22Cl2FN3O. The first kappa shape index (κ1) is 20.6. The first-order chi connectivity index (χ1) is 10.6. The van der Waals surface area contributed by atoms with Crippen molar-refractivity contribution in [3.8, 4) is 0 Å². The number of carbonyl (C=O) groups excluding carboxylic acids is 1. The van der Waals surface area contributed by atoms with E-state index in [0.717, 1.165) is 31.3 Å². The Labute approximate surface area is 153 Å². The van der Waals surface area contributed by atoms with Crippen LogP contribution in [0.25, 0.3) is 10.9 Å². The summed E-state index contributed by atoms with van der Waals surface area (Å²) < 4.78 is 13.2. The first-order valence-electron chi connectivity index (χ1n) is 7.69. The number of benzene rings is 1. The predicted octanol–water partition coefficient (Wildman–Crippen LogP) is 3.26. The van der Waals surface area contributed by atoms with Crippen LogP contribution >= 0.6 is 24.8 Å². The largest absolute Gasteiger partial charge is 0.352 e. The van der Waals surface area contributed by atoms with Crippen LogP contribution in [0.5, 0.6) is 0 Å². The number of nitrogens with zero attached hydrogens (tertiary/aromatic N) is 1. The van der Waals surface area contributed by atoms with Gasteiger partial charge in [0.2, 0.25) is 0 Å². The first-order valence-corrected chi connectivity index (χ1v) is 7.69. The van der Waals surface area contributed by atoms with Gasteiger partial charge in [-0.05, 0) is 57.0 Å². The second kappa shape index (κ2) is 9.16. The normalized spacial score (nSPS) is 16.8. The second-order valence-electron chi connectivity index (χ2n) is 5.88. The highest BCUT2D eigenvalue weighted by Gasteiger charge is 2.16. The van der Waals surface area contributed by atoms with Crippen LogP contribution in [-0.2, 0) is 0 Å². The summed E-state index contributed by atoms with van der Waals surface area (Å²) in [6, 6.07) is 6.21. The minimum atomic E-state index is -0.318. The summed E-state index contributed by atoms with van der Waals surface area (Å²) in [7, 11) is 0. The van der Waals surface area contributed by atoms with Gasteiger partial charge >= 0.3 is 0 Å². The molecule has 3 rings (SSSR count). The van der Waals surface area contributed by atoms with Gasteiger partial charge in [0, 0.05) is 18.0 Å². The summed E-state index contributed by atoms with van der Waals surface area (Å²) in [4.78, 5) is 16.7. The van der Waals surface area contributed by atoms with E-state index in [-0.39, 0.29) is 36.5 Å². The minimum Gasteiger partial charge on any atom is -0.352 e. The number of nitrogens with one attached hydrogen (secondary N) is 2. The van der Waals surface area contributed by atoms with Crippen molar-refractivity contribution >= 4 is 41.6 Å². The van der Waals surface area contributed by atoms with Crippen molar-refractivity contribution in [2.45, 2.75) is 19.8 Å². The van der Waals surface area contributed by atoms with Crippen molar-refractivity contribution in [3.63, 3.8) is 0 Å². The summed E-state index contributed by atoms with van der Waals surface area (Å²) >= 11 is 0. The van der Waals surface area contributed by atoms with Gasteiger partial charge in [-0.3, -0.25) is 9.78 Å². The zero-order chi connectivity index (χ0) is 15.5. The highest BCUT2D eigenvalue weighted by atomic mass is 35.5. The van der Waals surface area contributed by atoms with Crippen molar-refractivity contribution in [1.82, 2.24) is 15.6 Å². The Bertz CT molecular complexity index is 706. The van der Waals surface area contributed by atoms with Crippen LogP contribution in [0, 0.1) is 18.7 Å². The molecule has 4 nitrogen and oxygen atoms in total. The molecule has 1 amide bonds. The second-order valence-corrected chi connectivity index (χ2v) is 5.88. The molecule has 0 spiro atoms. The molecule has 7 heteroatoms. The number of aryl methyl sites for hydroxylation is 1. The van der Waals surface area contributed by atoms with Crippen LogP contribution in [0.15, 0.2) is 24.3 Å². The lowest BCUT2D eigenvalue weighted by molar-refractivity contribution is 0.0944. The topological polar surface area (TPSA) is 54.0 Å². The van der Waals surface area contributed by atoms with Gasteiger partial charge in [0.25, 0.3) is 5.91 Å². The molecule has 1 unspecified atom stereocenters. The fourth-order valence-corrected chi connectivity index (χ4v) is 2.90. The third-order valence-corrected chi connectivity index (χ3v) is 4.17. The lowest BCUT2D eigenvalue weighted by atomic mass is 9.99. The molecule has 132 valence electrons. The number of halogens is 3. The van der Waals surface area contributed by atoms with Gasteiger partial charge in [0.15, 0.2) is 0 Å². The smallest absolute Gasteiger partial charge is 0.253 e. The molecular weight excluding hydrogens is 352 g/mol. The van der Waals surface area contributed by atoms with E-state index in [9.17, 15) is 9.18 Å². The molecule has 2 aromatic rings. The van der Waals surface area contributed by atoms with Crippen LogP contribution in [0.2, 0.25) is 0 Å². The number of carbonyl (C=O) groups is 1. The average molecular weight is 374 g/mol. The van der Waals surface area contributed by atoms with Crippen molar-refractivity contribution in [2.24, 2.45) is 5.92 Å². The Hall–Kier alpha value is -1.43. The van der Waals surface area contributed by atoms with E-state index in [4.69, 9.17) is 0 Å². The van der Waals surface area contributed by atoms with E-state index in [1.54, 1.807) is 19.1 Å². The van der Waals surface area contributed by atoms with Crippen molar-refractivity contribution in [2.75, 3.05) is 19.6 Å². The van der Waals surface area contributed by atoms with Gasteiger partial charge in [0.1, 0.15) is 5.82 Å². The highest BCUT2D eigenvalue weighted by molar-refractivity contribution is 5.98. The van der Waals surface area contributed by atoms with E-state index < -0.39 is 0 Å². The zero-order valence-electron chi connectivity index (χ0n) is 13.5. The summed E-state index contributed by atoms with van der Waals surface area (Å²) in [6.45, 7) is 4.47. The summed E-state index contributed by atoms with van der Waals surface area (Å²) in [6.07, 6.45) is 2.30. The van der Waals surface area contributed by atoms with E-state index in [2.05, 4.69) is 15.6 Å². The molecule has 1 fully saturated rings. The molecule has 1 aromatic heterocycles. The lowest BCUT2D eigenvalue weighted by Crippen LogP contribution is -2.38. The van der Waals surface area contributed by atoms with Gasteiger partial charge in [0.05, 0.1) is 16.8 Å². The van der Waals surface area contributed by atoms with Gasteiger partial charge in [-0.15, -0.1) is 24.8 Å². The van der Waals surface area contributed by atoms with Crippen molar-refractivity contribution < 1.29 is 9.18 Å². The highest BCUT2D eigenvalue weighted by Crippen LogP contribution is 2.18. The quantitative estimate of drug-likeness (QED) is 0.867. The Morgan fingerprint density at radius 3 is 2.88 bits per heavy atom. The number of amides is 1. The van der Waals surface area contributed by atoms with Crippen molar-refractivity contribution in [1.29, 1.82) is 0 Å². The minimum absolute atomic E-state index is 0. The Kier molecular flexibility index (Phi) is 7.87. The molecule has 0 bridgehead atoms. The summed E-state index contributed by atoms with van der Waals surface area (Å²) in [5.41, 5.74) is 1.76. The lowest BCUT2D eigenvalue weighted by Gasteiger charge is -2.23. The summed E-state index contributed by atoms with van der Waals surface area (Å²) in [5.74, 6) is 0.0590. The number of piperidine rings is 1. The molecule has 2 heterocycles. The fraction of sp³-hybridized carbons (Fsp3) is 0.412. The van der Waals surface area contributed by atoms with Gasteiger partial charge in [-0.25, -0.2) is 4.39 Å². The van der Waals surface area contributed by atoms with Crippen LogP contribution in [-0.4, -0.2) is 30.5 Å². The third-order valence-electron chi connectivity index (χ3n) is 4.17. The van der Waals surface area contributed by atoms with Crippen molar-refractivity contribution in [3.05, 3.63) is 41.3 Å². The molecule has 1 atom stereocenters. The molecule has 1 aliphatic heterocycles. The molecule has 2 N–H and O–H groups in total. The maximum Gasteiger partial charge on any atom is 0.253 e. The van der Waals surface area contributed by atoms with Crippen LogP contribution in [0.4, 0.5) is 4.39 Å². The standard InChI is InChI=1S/C17H20FN3O.2ClH/c1-11-15(7-13-4-5-14(18)8-16(13)21-11)17(22)20-10-12-3-2-6-19-9-12;;/h4-5,7-8,12,19H,2-3,6,9-10H2,1H3,(H,20,22);2*1H. The van der Waals surface area contributed by atoms with E-state index in [1.807, 2.05) is 0 Å². The molecule has 1 saturated heterocycles. The number of rotatable bonds is 3. The Balaban J connectivity index is 0.00000144. The van der Waals surface area contributed by atoms with Gasteiger partial charge < -0.3 is 10.6 Å². The van der Waals surface area contributed by atoms with Crippen LogP contribution < -0.4 is 10.6 Å². The molecule has 1 aliphatic rings. The molecule has 0 saturated carbocycles. The number of hydrogen-bond donors (Lipinski definition) is 2. The maximum atomic E-state index is 13.2. The van der Waals surface area contributed by atoms with Gasteiger partial charge in [-0.1, -0.05) is 0 Å². The monoisotopic (exact) mass is 373 g/mol. The number of hydrogen-bond acceptors (Lipinski definition) is 3. The third kappa shape index (κ3) is 4.79. The SMILES string of the molecule is Cc1nc2cc(F)ccc2cc1C(=O)NCC1CCCNC1.Cl.Cl. The van der Waals surface area contributed by atoms with Gasteiger partial charge in [-0.2, -0.15) is 0 Å². The number of pyridine rings is 1. The van der Waals surface area contributed by atoms with Crippen LogP contribution in [0.3, 0.4) is 0 Å². The zero-order valence-corrected chi connectivity index (χ0v) is 15.1.